The van der Waals surface area contributed by atoms with Crippen LogP contribution in [0.4, 0.5) is 11.5 Å². The SMILES string of the molecule is Cc1nc(CN(C)c2ccc(N)c(C#N)n2)cs1. The number of hydrogen-bond acceptors (Lipinski definition) is 6. The molecule has 0 aliphatic carbocycles. The number of thiazole rings is 1. The third-order valence-electron chi connectivity index (χ3n) is 2.47. The summed E-state index contributed by atoms with van der Waals surface area (Å²) in [6.45, 7) is 2.63. The fraction of sp³-hybridized carbons (Fsp3) is 0.250. The lowest BCUT2D eigenvalue weighted by molar-refractivity contribution is 0.869. The predicted molar refractivity (Wildman–Crippen MR) is 72.3 cm³/mol. The number of nitriles is 1. The highest BCUT2D eigenvalue weighted by Gasteiger charge is 2.08. The van der Waals surface area contributed by atoms with E-state index in [1.165, 1.54) is 0 Å². The maximum absolute atomic E-state index is 8.90. The molecule has 6 heteroatoms. The first-order valence-electron chi connectivity index (χ1n) is 5.39. The Hall–Kier alpha value is -2.13. The van der Waals surface area contributed by atoms with Crippen LogP contribution in [0.3, 0.4) is 0 Å². The van der Waals surface area contributed by atoms with Crippen LogP contribution in [0.25, 0.3) is 0 Å². The lowest BCUT2D eigenvalue weighted by atomic mass is 10.3. The van der Waals surface area contributed by atoms with Crippen LogP contribution >= 0.6 is 11.3 Å². The van der Waals surface area contributed by atoms with Gasteiger partial charge in [-0.15, -0.1) is 11.3 Å². The van der Waals surface area contributed by atoms with Gasteiger partial charge in [-0.2, -0.15) is 5.26 Å². The van der Waals surface area contributed by atoms with Crippen LogP contribution in [0, 0.1) is 18.3 Å². The van der Waals surface area contributed by atoms with E-state index in [2.05, 4.69) is 9.97 Å². The molecule has 0 saturated carbocycles. The van der Waals surface area contributed by atoms with Crippen molar-refractivity contribution in [3.63, 3.8) is 0 Å². The highest BCUT2D eigenvalue weighted by atomic mass is 32.1. The largest absolute Gasteiger partial charge is 0.396 e. The van der Waals surface area contributed by atoms with E-state index in [4.69, 9.17) is 11.0 Å². The van der Waals surface area contributed by atoms with Crippen LogP contribution in [-0.2, 0) is 6.54 Å². The fourth-order valence-electron chi connectivity index (χ4n) is 1.57. The quantitative estimate of drug-likeness (QED) is 0.911. The van der Waals surface area contributed by atoms with Crippen molar-refractivity contribution in [1.29, 1.82) is 5.26 Å². The van der Waals surface area contributed by atoms with Gasteiger partial charge in [0.15, 0.2) is 5.69 Å². The molecule has 5 nitrogen and oxygen atoms in total. The minimum Gasteiger partial charge on any atom is -0.396 e. The van der Waals surface area contributed by atoms with Crippen LogP contribution in [0.5, 0.6) is 0 Å². The first kappa shape index (κ1) is 12.3. The first-order chi connectivity index (χ1) is 8.60. The molecular formula is C12H13N5S. The maximum atomic E-state index is 8.90. The molecule has 2 rings (SSSR count). The number of pyridine rings is 1. The van der Waals surface area contributed by atoms with E-state index in [9.17, 15) is 0 Å². The lowest BCUT2D eigenvalue weighted by Crippen LogP contribution is -2.18. The zero-order chi connectivity index (χ0) is 13.1. The van der Waals surface area contributed by atoms with E-state index in [-0.39, 0.29) is 5.69 Å². The van der Waals surface area contributed by atoms with Crippen molar-refractivity contribution >= 4 is 22.8 Å². The normalized spacial score (nSPS) is 10.1. The van der Waals surface area contributed by atoms with Gasteiger partial charge in [-0.05, 0) is 19.1 Å². The fourth-order valence-corrected chi connectivity index (χ4v) is 2.17. The molecule has 0 aromatic carbocycles. The summed E-state index contributed by atoms with van der Waals surface area (Å²) in [5, 5.41) is 12.0. The second-order valence-corrected chi connectivity index (χ2v) is 5.00. The molecular weight excluding hydrogens is 246 g/mol. The second-order valence-electron chi connectivity index (χ2n) is 3.93. The molecule has 92 valence electrons. The van der Waals surface area contributed by atoms with Gasteiger partial charge in [0.2, 0.25) is 0 Å². The molecule has 2 N–H and O–H groups in total. The minimum atomic E-state index is 0.258. The molecule has 0 bridgehead atoms. The topological polar surface area (TPSA) is 78.8 Å². The Morgan fingerprint density at radius 3 is 2.83 bits per heavy atom. The Balaban J connectivity index is 2.19. The number of rotatable bonds is 3. The van der Waals surface area contributed by atoms with Gasteiger partial charge in [0.25, 0.3) is 0 Å². The van der Waals surface area contributed by atoms with E-state index in [0.717, 1.165) is 10.7 Å². The third kappa shape index (κ3) is 2.57. The van der Waals surface area contributed by atoms with Gasteiger partial charge in [-0.25, -0.2) is 9.97 Å². The molecule has 2 heterocycles. The van der Waals surface area contributed by atoms with Crippen molar-refractivity contribution in [3.8, 4) is 6.07 Å². The molecule has 0 spiro atoms. The van der Waals surface area contributed by atoms with Gasteiger partial charge in [-0.1, -0.05) is 0 Å². The molecule has 0 aliphatic heterocycles. The number of aryl methyl sites for hydroxylation is 1. The van der Waals surface area contributed by atoms with Gasteiger partial charge in [0.05, 0.1) is 22.9 Å². The molecule has 0 amide bonds. The Morgan fingerprint density at radius 2 is 2.22 bits per heavy atom. The van der Waals surface area contributed by atoms with E-state index in [1.54, 1.807) is 23.5 Å². The standard InChI is InChI=1S/C12H13N5S/c1-8-15-9(7-18-8)6-17(2)12-4-3-10(14)11(5-13)16-12/h3-4,7H,6,14H2,1-2H3. The zero-order valence-electron chi connectivity index (χ0n) is 10.2. The molecule has 0 saturated heterocycles. The van der Waals surface area contributed by atoms with Crippen LogP contribution in [0.1, 0.15) is 16.4 Å². The Kier molecular flexibility index (Phi) is 3.44. The average molecular weight is 259 g/mol. The number of aromatic nitrogens is 2. The number of nitrogens with two attached hydrogens (primary N) is 1. The van der Waals surface area contributed by atoms with Gasteiger partial charge < -0.3 is 10.6 Å². The number of nitrogen functional groups attached to an aromatic ring is 1. The van der Waals surface area contributed by atoms with Crippen LogP contribution in [0.15, 0.2) is 17.5 Å². The molecule has 2 aromatic heterocycles. The summed E-state index contributed by atoms with van der Waals surface area (Å²) < 4.78 is 0. The summed E-state index contributed by atoms with van der Waals surface area (Å²) in [6.07, 6.45) is 0. The molecule has 0 atom stereocenters. The highest BCUT2D eigenvalue weighted by molar-refractivity contribution is 7.09. The van der Waals surface area contributed by atoms with Crippen LogP contribution in [-0.4, -0.2) is 17.0 Å². The number of anilines is 2. The average Bonchev–Trinajstić information content (AvgIpc) is 2.75. The maximum Gasteiger partial charge on any atom is 0.165 e. The molecule has 0 radical (unpaired) electrons. The number of hydrogen-bond donors (Lipinski definition) is 1. The first-order valence-corrected chi connectivity index (χ1v) is 6.27. The molecule has 18 heavy (non-hydrogen) atoms. The summed E-state index contributed by atoms with van der Waals surface area (Å²) in [7, 11) is 1.91. The molecule has 0 aliphatic rings. The van der Waals surface area contributed by atoms with Crippen molar-refractivity contribution in [3.05, 3.63) is 33.9 Å². The summed E-state index contributed by atoms with van der Waals surface area (Å²) in [6, 6.07) is 5.48. The van der Waals surface area contributed by atoms with Crippen LogP contribution in [0.2, 0.25) is 0 Å². The summed E-state index contributed by atoms with van der Waals surface area (Å²) in [4.78, 5) is 10.5. The van der Waals surface area contributed by atoms with Gasteiger partial charge in [0.1, 0.15) is 11.9 Å². The Bertz CT molecular complexity index is 599. The summed E-state index contributed by atoms with van der Waals surface area (Å²) >= 11 is 1.62. The highest BCUT2D eigenvalue weighted by Crippen LogP contribution is 2.18. The van der Waals surface area contributed by atoms with Crippen molar-refractivity contribution in [1.82, 2.24) is 9.97 Å². The lowest BCUT2D eigenvalue weighted by Gasteiger charge is -2.17. The van der Waals surface area contributed by atoms with E-state index >= 15 is 0 Å². The Labute approximate surface area is 110 Å². The monoisotopic (exact) mass is 259 g/mol. The smallest absolute Gasteiger partial charge is 0.165 e. The predicted octanol–water partition coefficient (Wildman–Crippen LogP) is 1.94. The molecule has 0 fully saturated rings. The minimum absolute atomic E-state index is 0.258. The third-order valence-corrected chi connectivity index (χ3v) is 3.30. The molecule has 0 unspecified atom stereocenters. The molecule has 2 aromatic rings. The van der Waals surface area contributed by atoms with Gasteiger partial charge in [-0.3, -0.25) is 0 Å². The Morgan fingerprint density at radius 1 is 1.44 bits per heavy atom. The van der Waals surface area contributed by atoms with Crippen molar-refractivity contribution < 1.29 is 0 Å². The van der Waals surface area contributed by atoms with E-state index in [0.29, 0.717) is 18.1 Å². The van der Waals surface area contributed by atoms with Gasteiger partial charge >= 0.3 is 0 Å². The van der Waals surface area contributed by atoms with Crippen LogP contribution < -0.4 is 10.6 Å². The number of nitrogens with zero attached hydrogens (tertiary/aromatic N) is 4. The second kappa shape index (κ2) is 5.02. The van der Waals surface area contributed by atoms with Gasteiger partial charge in [0, 0.05) is 12.4 Å². The summed E-state index contributed by atoms with van der Waals surface area (Å²) in [5.41, 5.74) is 7.30. The summed E-state index contributed by atoms with van der Waals surface area (Å²) in [5.74, 6) is 0.714. The van der Waals surface area contributed by atoms with Crippen molar-refractivity contribution in [2.75, 3.05) is 17.7 Å². The van der Waals surface area contributed by atoms with E-state index < -0.39 is 0 Å². The van der Waals surface area contributed by atoms with E-state index in [1.807, 2.05) is 30.3 Å². The zero-order valence-corrected chi connectivity index (χ0v) is 11.0. The van der Waals surface area contributed by atoms with Crippen molar-refractivity contribution in [2.45, 2.75) is 13.5 Å². The van der Waals surface area contributed by atoms with Crippen molar-refractivity contribution in [2.24, 2.45) is 0 Å².